The van der Waals surface area contributed by atoms with E-state index in [0.29, 0.717) is 5.15 Å². The van der Waals surface area contributed by atoms with Gasteiger partial charge in [-0.05, 0) is 18.6 Å². The van der Waals surface area contributed by atoms with Crippen LogP contribution in [0.4, 0.5) is 0 Å². The molecule has 78 valence electrons. The van der Waals surface area contributed by atoms with E-state index >= 15 is 0 Å². The lowest BCUT2D eigenvalue weighted by molar-refractivity contribution is 0.304. The zero-order chi connectivity index (χ0) is 10.2. The van der Waals surface area contributed by atoms with E-state index in [9.17, 15) is 0 Å². The van der Waals surface area contributed by atoms with Crippen molar-refractivity contribution in [2.45, 2.75) is 32.6 Å². The van der Waals surface area contributed by atoms with Gasteiger partial charge in [0, 0.05) is 0 Å². The summed E-state index contributed by atoms with van der Waals surface area (Å²) in [5, 5.41) is 0.503. The van der Waals surface area contributed by atoms with Crippen molar-refractivity contribution < 1.29 is 4.74 Å². The molecule has 0 radical (unpaired) electrons. The average molecular weight is 214 g/mol. The molecule has 1 aromatic rings. The molecule has 0 amide bonds. The fourth-order valence-electron chi connectivity index (χ4n) is 1.17. The number of hydrogen-bond acceptors (Lipinski definition) is 2. The van der Waals surface area contributed by atoms with Crippen molar-refractivity contribution in [3.05, 3.63) is 23.5 Å². The summed E-state index contributed by atoms with van der Waals surface area (Å²) in [6, 6.07) is 3.58. The Labute approximate surface area is 90.3 Å². The van der Waals surface area contributed by atoms with Crippen molar-refractivity contribution in [2.75, 3.05) is 6.61 Å². The van der Waals surface area contributed by atoms with Crippen molar-refractivity contribution >= 4 is 11.6 Å². The van der Waals surface area contributed by atoms with Gasteiger partial charge >= 0.3 is 0 Å². The average Bonchev–Trinajstić information content (AvgIpc) is 2.21. The van der Waals surface area contributed by atoms with Crippen LogP contribution >= 0.6 is 11.6 Å². The summed E-state index contributed by atoms with van der Waals surface area (Å²) in [7, 11) is 0. The second-order valence-corrected chi connectivity index (χ2v) is 3.61. The van der Waals surface area contributed by atoms with Crippen molar-refractivity contribution in [3.63, 3.8) is 0 Å². The largest absolute Gasteiger partial charge is 0.492 e. The highest BCUT2D eigenvalue weighted by Gasteiger charge is 1.94. The molecule has 0 fully saturated rings. The molecule has 0 saturated heterocycles. The highest BCUT2D eigenvalue weighted by molar-refractivity contribution is 6.29. The van der Waals surface area contributed by atoms with Gasteiger partial charge in [-0.3, -0.25) is 0 Å². The minimum atomic E-state index is 0.503. The van der Waals surface area contributed by atoms with Gasteiger partial charge in [0.2, 0.25) is 0 Å². The molecule has 1 heterocycles. The topological polar surface area (TPSA) is 22.1 Å². The standard InChI is InChI=1S/C11H16ClNO/c1-2-3-4-5-8-14-10-6-7-11(12)13-9-10/h6-7,9H,2-5,8H2,1H3. The number of hydrogen-bond donors (Lipinski definition) is 0. The second kappa shape index (κ2) is 6.66. The van der Waals surface area contributed by atoms with E-state index < -0.39 is 0 Å². The first-order valence-corrected chi connectivity index (χ1v) is 5.45. The van der Waals surface area contributed by atoms with Gasteiger partial charge in [0.25, 0.3) is 0 Å². The first-order chi connectivity index (χ1) is 6.83. The summed E-state index contributed by atoms with van der Waals surface area (Å²) < 4.78 is 5.49. The van der Waals surface area contributed by atoms with E-state index in [1.165, 1.54) is 19.3 Å². The summed E-state index contributed by atoms with van der Waals surface area (Å²) in [6.45, 7) is 2.97. The van der Waals surface area contributed by atoms with Crippen LogP contribution in [0.2, 0.25) is 5.15 Å². The predicted octanol–water partition coefficient (Wildman–Crippen LogP) is 3.69. The van der Waals surface area contributed by atoms with E-state index in [-0.39, 0.29) is 0 Å². The highest BCUT2D eigenvalue weighted by atomic mass is 35.5. The Bertz CT molecular complexity index is 248. The van der Waals surface area contributed by atoms with Crippen LogP contribution in [0.5, 0.6) is 5.75 Å². The summed E-state index contributed by atoms with van der Waals surface area (Å²) in [5.41, 5.74) is 0. The van der Waals surface area contributed by atoms with Gasteiger partial charge in [0.1, 0.15) is 10.9 Å². The molecule has 1 aromatic heterocycles. The van der Waals surface area contributed by atoms with Gasteiger partial charge in [-0.25, -0.2) is 4.98 Å². The maximum atomic E-state index is 5.65. The molecule has 0 aliphatic rings. The van der Waals surface area contributed by atoms with E-state index in [1.807, 2.05) is 6.07 Å². The molecule has 1 rings (SSSR count). The van der Waals surface area contributed by atoms with Crippen LogP contribution in [0.1, 0.15) is 32.6 Å². The third kappa shape index (κ3) is 4.47. The van der Waals surface area contributed by atoms with Gasteiger partial charge in [0.15, 0.2) is 0 Å². The van der Waals surface area contributed by atoms with Crippen LogP contribution in [0, 0.1) is 0 Å². The van der Waals surface area contributed by atoms with Crippen molar-refractivity contribution in [3.8, 4) is 5.75 Å². The van der Waals surface area contributed by atoms with Crippen LogP contribution in [0.3, 0.4) is 0 Å². The van der Waals surface area contributed by atoms with Crippen molar-refractivity contribution in [2.24, 2.45) is 0 Å². The Morgan fingerprint density at radius 2 is 2.14 bits per heavy atom. The molecular formula is C11H16ClNO. The SMILES string of the molecule is CCCCCCOc1ccc(Cl)nc1. The summed E-state index contributed by atoms with van der Waals surface area (Å²) in [5.74, 6) is 0.797. The molecule has 0 aromatic carbocycles. The smallest absolute Gasteiger partial charge is 0.137 e. The van der Waals surface area contributed by atoms with Gasteiger partial charge in [-0.2, -0.15) is 0 Å². The van der Waals surface area contributed by atoms with E-state index in [2.05, 4.69) is 11.9 Å². The number of ether oxygens (including phenoxy) is 1. The molecule has 0 N–H and O–H groups in total. The second-order valence-electron chi connectivity index (χ2n) is 3.23. The van der Waals surface area contributed by atoms with Crippen LogP contribution in [-0.2, 0) is 0 Å². The molecule has 0 saturated carbocycles. The highest BCUT2D eigenvalue weighted by Crippen LogP contribution is 2.12. The fourth-order valence-corrected chi connectivity index (χ4v) is 1.28. The number of aromatic nitrogens is 1. The molecule has 0 atom stereocenters. The molecule has 0 bridgehead atoms. The first kappa shape index (κ1) is 11.3. The third-order valence-corrected chi connectivity index (χ3v) is 2.19. The zero-order valence-electron chi connectivity index (χ0n) is 8.50. The summed E-state index contributed by atoms with van der Waals surface area (Å²) in [4.78, 5) is 3.93. The lowest BCUT2D eigenvalue weighted by atomic mass is 10.2. The lowest BCUT2D eigenvalue weighted by Gasteiger charge is -2.04. The molecular weight excluding hydrogens is 198 g/mol. The number of rotatable bonds is 6. The number of unbranched alkanes of at least 4 members (excludes halogenated alkanes) is 3. The molecule has 0 aliphatic heterocycles. The van der Waals surface area contributed by atoms with Crippen LogP contribution in [-0.4, -0.2) is 11.6 Å². The molecule has 0 aliphatic carbocycles. The summed E-state index contributed by atoms with van der Waals surface area (Å²) >= 11 is 5.65. The van der Waals surface area contributed by atoms with Crippen molar-refractivity contribution in [1.82, 2.24) is 4.98 Å². The molecule has 0 spiro atoms. The van der Waals surface area contributed by atoms with Gasteiger partial charge in [0.05, 0.1) is 12.8 Å². The van der Waals surface area contributed by atoms with Gasteiger partial charge in [-0.15, -0.1) is 0 Å². The van der Waals surface area contributed by atoms with Crippen LogP contribution in [0.15, 0.2) is 18.3 Å². The minimum absolute atomic E-state index is 0.503. The quantitative estimate of drug-likeness (QED) is 0.531. The Hall–Kier alpha value is -0.760. The number of halogens is 1. The lowest BCUT2D eigenvalue weighted by Crippen LogP contribution is -1.97. The minimum Gasteiger partial charge on any atom is -0.492 e. The normalized spacial score (nSPS) is 10.1. The maximum Gasteiger partial charge on any atom is 0.137 e. The molecule has 14 heavy (non-hydrogen) atoms. The van der Waals surface area contributed by atoms with E-state index in [0.717, 1.165) is 18.8 Å². The number of pyridine rings is 1. The Morgan fingerprint density at radius 3 is 2.79 bits per heavy atom. The molecule has 0 unspecified atom stereocenters. The number of nitrogens with zero attached hydrogens (tertiary/aromatic N) is 1. The fraction of sp³-hybridized carbons (Fsp3) is 0.545. The van der Waals surface area contributed by atoms with Gasteiger partial charge in [-0.1, -0.05) is 37.8 Å². The van der Waals surface area contributed by atoms with E-state index in [1.54, 1.807) is 12.3 Å². The molecule has 2 nitrogen and oxygen atoms in total. The zero-order valence-corrected chi connectivity index (χ0v) is 9.26. The molecule has 3 heteroatoms. The van der Waals surface area contributed by atoms with Crippen molar-refractivity contribution in [1.29, 1.82) is 0 Å². The summed E-state index contributed by atoms with van der Waals surface area (Å²) in [6.07, 6.45) is 6.53. The Balaban J connectivity index is 2.15. The maximum absolute atomic E-state index is 5.65. The van der Waals surface area contributed by atoms with Crippen LogP contribution in [0.25, 0.3) is 0 Å². The Morgan fingerprint density at radius 1 is 1.29 bits per heavy atom. The monoisotopic (exact) mass is 213 g/mol. The van der Waals surface area contributed by atoms with E-state index in [4.69, 9.17) is 16.3 Å². The Kier molecular flexibility index (Phi) is 5.38. The van der Waals surface area contributed by atoms with Gasteiger partial charge < -0.3 is 4.74 Å². The third-order valence-electron chi connectivity index (χ3n) is 1.97. The predicted molar refractivity (Wildman–Crippen MR) is 58.9 cm³/mol. The van der Waals surface area contributed by atoms with Crippen LogP contribution < -0.4 is 4.74 Å². The first-order valence-electron chi connectivity index (χ1n) is 5.07.